The summed E-state index contributed by atoms with van der Waals surface area (Å²) in [6, 6.07) is 9.12. The van der Waals surface area contributed by atoms with Crippen LogP contribution in [-0.2, 0) is 4.79 Å². The minimum absolute atomic E-state index is 0.0957. The largest absolute Gasteiger partial charge is 0.351 e. The molecule has 6 heteroatoms. The third-order valence-electron chi connectivity index (χ3n) is 3.97. The number of amides is 1. The highest BCUT2D eigenvalue weighted by Crippen LogP contribution is 2.26. The van der Waals surface area contributed by atoms with Crippen molar-refractivity contribution in [1.82, 2.24) is 4.98 Å². The van der Waals surface area contributed by atoms with E-state index in [2.05, 4.69) is 15.2 Å². The summed E-state index contributed by atoms with van der Waals surface area (Å²) in [5, 5.41) is 4.15. The molecule has 1 aromatic carbocycles. The van der Waals surface area contributed by atoms with E-state index in [4.69, 9.17) is 23.2 Å². The van der Waals surface area contributed by atoms with Gasteiger partial charge < -0.3 is 10.2 Å². The molecule has 0 saturated heterocycles. The van der Waals surface area contributed by atoms with E-state index < -0.39 is 0 Å². The smallest absolute Gasteiger partial charge is 0.251 e. The second-order valence-corrected chi connectivity index (χ2v) is 6.47. The molecule has 1 aliphatic rings. The van der Waals surface area contributed by atoms with Crippen LogP contribution in [0.4, 0.5) is 11.5 Å². The van der Waals surface area contributed by atoms with Crippen LogP contribution in [0.2, 0.25) is 10.0 Å². The average Bonchev–Trinajstić information content (AvgIpc) is 2.59. The van der Waals surface area contributed by atoms with Crippen molar-refractivity contribution in [3.63, 3.8) is 0 Å². The fraction of sp³-hybridized carbons (Fsp3) is 0.222. The van der Waals surface area contributed by atoms with Gasteiger partial charge in [0.05, 0.1) is 5.02 Å². The van der Waals surface area contributed by atoms with Crippen molar-refractivity contribution in [3.05, 3.63) is 63.8 Å². The normalized spacial score (nSPS) is 14.3. The zero-order valence-corrected chi connectivity index (χ0v) is 14.7. The molecule has 0 saturated carbocycles. The third kappa shape index (κ3) is 3.71. The molecule has 1 aromatic heterocycles. The van der Waals surface area contributed by atoms with Gasteiger partial charge in [-0.1, -0.05) is 35.3 Å². The minimum atomic E-state index is -0.0957. The summed E-state index contributed by atoms with van der Waals surface area (Å²) in [6.07, 6.45) is 4.27. The van der Waals surface area contributed by atoms with Crippen LogP contribution in [0.25, 0.3) is 0 Å². The van der Waals surface area contributed by atoms with Crippen LogP contribution in [0.3, 0.4) is 0 Å². The molecule has 0 radical (unpaired) electrons. The number of aromatic nitrogens is 1. The van der Waals surface area contributed by atoms with Gasteiger partial charge in [0.25, 0.3) is 5.91 Å². The maximum absolute atomic E-state index is 12.4. The Bertz CT molecular complexity index is 805. The molecule has 0 bridgehead atoms. The van der Waals surface area contributed by atoms with Crippen molar-refractivity contribution in [1.29, 1.82) is 0 Å². The zero-order chi connectivity index (χ0) is 17.1. The monoisotopic (exact) mass is 361 g/mol. The van der Waals surface area contributed by atoms with Crippen LogP contribution in [0.5, 0.6) is 0 Å². The van der Waals surface area contributed by atoms with E-state index in [-0.39, 0.29) is 5.91 Å². The summed E-state index contributed by atoms with van der Waals surface area (Å²) in [5.74, 6) is 0.655. The van der Waals surface area contributed by atoms with Gasteiger partial charge in [0.15, 0.2) is 0 Å². The molecule has 2 aromatic rings. The summed E-state index contributed by atoms with van der Waals surface area (Å²) >= 11 is 12.3. The standard InChI is InChI=1S/C18H17Cl2N3O/c1-12-4-5-14(11-16(12)20)22-18(24)13-6-9-23(10-7-13)17-15(19)3-2-8-21-17/h2-6,8,11H,7,9-10H2,1H3,(H,22,24). The molecule has 1 N–H and O–H groups in total. The van der Waals surface area contributed by atoms with E-state index >= 15 is 0 Å². The number of carbonyl (C=O) groups excluding carboxylic acids is 1. The summed E-state index contributed by atoms with van der Waals surface area (Å²) in [5.41, 5.74) is 2.44. The molecule has 0 aliphatic carbocycles. The molecule has 1 amide bonds. The average molecular weight is 362 g/mol. The number of anilines is 2. The molecule has 3 rings (SSSR count). The number of rotatable bonds is 3. The Kier molecular flexibility index (Phi) is 5.07. The Morgan fingerprint density at radius 2 is 2.08 bits per heavy atom. The Labute approximate surface area is 151 Å². The molecule has 0 atom stereocenters. The highest BCUT2D eigenvalue weighted by molar-refractivity contribution is 6.33. The first-order chi connectivity index (χ1) is 11.5. The fourth-order valence-corrected chi connectivity index (χ4v) is 2.98. The van der Waals surface area contributed by atoms with Crippen molar-refractivity contribution >= 4 is 40.6 Å². The van der Waals surface area contributed by atoms with E-state index in [1.54, 1.807) is 18.3 Å². The first-order valence-electron chi connectivity index (χ1n) is 7.66. The lowest BCUT2D eigenvalue weighted by atomic mass is 10.1. The first-order valence-corrected chi connectivity index (χ1v) is 8.42. The van der Waals surface area contributed by atoms with E-state index in [1.807, 2.05) is 31.2 Å². The number of benzene rings is 1. The van der Waals surface area contributed by atoms with E-state index in [0.29, 0.717) is 35.2 Å². The molecule has 2 heterocycles. The molecule has 0 spiro atoms. The zero-order valence-electron chi connectivity index (χ0n) is 13.2. The highest BCUT2D eigenvalue weighted by atomic mass is 35.5. The number of halogens is 2. The number of hydrogen-bond acceptors (Lipinski definition) is 3. The lowest BCUT2D eigenvalue weighted by molar-refractivity contribution is -0.113. The van der Waals surface area contributed by atoms with Crippen LogP contribution < -0.4 is 10.2 Å². The molecule has 0 unspecified atom stereocenters. The van der Waals surface area contributed by atoms with Gasteiger partial charge >= 0.3 is 0 Å². The van der Waals surface area contributed by atoms with Crippen LogP contribution in [0.15, 0.2) is 48.2 Å². The lowest BCUT2D eigenvalue weighted by Crippen LogP contribution is -2.32. The summed E-state index contributed by atoms with van der Waals surface area (Å²) in [4.78, 5) is 18.8. The van der Waals surface area contributed by atoms with Crippen molar-refractivity contribution in [3.8, 4) is 0 Å². The lowest BCUT2D eigenvalue weighted by Gasteiger charge is -2.27. The molecule has 1 aliphatic heterocycles. The van der Waals surface area contributed by atoms with Crippen molar-refractivity contribution in [2.24, 2.45) is 0 Å². The summed E-state index contributed by atoms with van der Waals surface area (Å²) in [6.45, 7) is 3.23. The van der Waals surface area contributed by atoms with Gasteiger partial charge in [0.1, 0.15) is 5.82 Å². The van der Waals surface area contributed by atoms with Crippen LogP contribution in [0, 0.1) is 6.92 Å². The van der Waals surface area contributed by atoms with Crippen molar-refractivity contribution in [2.45, 2.75) is 13.3 Å². The Balaban J connectivity index is 1.67. The van der Waals surface area contributed by atoms with Crippen LogP contribution >= 0.6 is 23.2 Å². The number of nitrogens with zero attached hydrogens (tertiary/aromatic N) is 2. The number of hydrogen-bond donors (Lipinski definition) is 1. The Morgan fingerprint density at radius 3 is 2.75 bits per heavy atom. The number of pyridine rings is 1. The second kappa shape index (κ2) is 7.24. The maximum Gasteiger partial charge on any atom is 0.251 e. The molecular weight excluding hydrogens is 345 g/mol. The summed E-state index contributed by atoms with van der Waals surface area (Å²) in [7, 11) is 0. The molecule has 124 valence electrons. The quantitative estimate of drug-likeness (QED) is 0.876. The Hall–Kier alpha value is -2.04. The topological polar surface area (TPSA) is 45.2 Å². The third-order valence-corrected chi connectivity index (χ3v) is 4.67. The summed E-state index contributed by atoms with van der Waals surface area (Å²) < 4.78 is 0. The van der Waals surface area contributed by atoms with Crippen molar-refractivity contribution in [2.75, 3.05) is 23.3 Å². The molecule has 0 fully saturated rings. The highest BCUT2D eigenvalue weighted by Gasteiger charge is 2.19. The van der Waals surface area contributed by atoms with Crippen LogP contribution in [-0.4, -0.2) is 24.0 Å². The maximum atomic E-state index is 12.4. The van der Waals surface area contributed by atoms with Gasteiger partial charge in [0, 0.05) is 35.6 Å². The van der Waals surface area contributed by atoms with Crippen LogP contribution in [0.1, 0.15) is 12.0 Å². The Morgan fingerprint density at radius 1 is 1.25 bits per heavy atom. The molecular formula is C18H17Cl2N3O. The van der Waals surface area contributed by atoms with Gasteiger partial charge in [-0.25, -0.2) is 4.98 Å². The molecule has 4 nitrogen and oxygen atoms in total. The minimum Gasteiger partial charge on any atom is -0.351 e. The van der Waals surface area contributed by atoms with E-state index in [0.717, 1.165) is 17.0 Å². The predicted octanol–water partition coefficient (Wildman–Crippen LogP) is 4.47. The number of nitrogens with one attached hydrogen (secondary N) is 1. The number of aryl methyl sites for hydroxylation is 1. The van der Waals surface area contributed by atoms with Gasteiger partial charge in [-0.3, -0.25) is 4.79 Å². The SMILES string of the molecule is Cc1ccc(NC(=O)C2=CCN(c3ncccc3Cl)CC2)cc1Cl. The van der Waals surface area contributed by atoms with Crippen molar-refractivity contribution < 1.29 is 4.79 Å². The first kappa shape index (κ1) is 16.8. The number of carbonyl (C=O) groups is 1. The van der Waals surface area contributed by atoms with E-state index in [1.165, 1.54) is 0 Å². The van der Waals surface area contributed by atoms with E-state index in [9.17, 15) is 4.79 Å². The fourth-order valence-electron chi connectivity index (χ4n) is 2.56. The second-order valence-electron chi connectivity index (χ2n) is 5.65. The van der Waals surface area contributed by atoms with Gasteiger partial charge in [-0.2, -0.15) is 0 Å². The van der Waals surface area contributed by atoms with Gasteiger partial charge in [0.2, 0.25) is 0 Å². The van der Waals surface area contributed by atoms with Gasteiger partial charge in [-0.15, -0.1) is 0 Å². The molecule has 24 heavy (non-hydrogen) atoms. The predicted molar refractivity (Wildman–Crippen MR) is 99.0 cm³/mol. The van der Waals surface area contributed by atoms with Gasteiger partial charge in [-0.05, 0) is 43.2 Å².